The molecule has 0 amide bonds. The van der Waals surface area contributed by atoms with Crippen LogP contribution in [0.4, 0.5) is 8.78 Å². The largest absolute Gasteiger partial charge is 0.576 e. The van der Waals surface area contributed by atoms with E-state index in [2.05, 4.69) is 9.97 Å². The maximum Gasteiger partial charge on any atom is 0.576 e. The molecule has 0 aliphatic rings. The van der Waals surface area contributed by atoms with E-state index in [-0.39, 0.29) is 19.2 Å². The summed E-state index contributed by atoms with van der Waals surface area (Å²) in [5.74, 6) is -1.22. The Bertz CT molecular complexity index is 468. The fourth-order valence-corrected chi connectivity index (χ4v) is 1.12. The van der Waals surface area contributed by atoms with Crippen LogP contribution in [0.3, 0.4) is 0 Å². The summed E-state index contributed by atoms with van der Waals surface area (Å²) in [5, 5.41) is 0. The molecule has 2 aromatic heterocycles. The van der Waals surface area contributed by atoms with Crippen molar-refractivity contribution in [1.82, 2.24) is 9.97 Å². The average molecular weight is 236 g/mol. The summed E-state index contributed by atoms with van der Waals surface area (Å²) in [4.78, 5) is 7.12. The van der Waals surface area contributed by atoms with Gasteiger partial charge < -0.3 is 9.31 Å². The van der Waals surface area contributed by atoms with Crippen molar-refractivity contribution < 1.29 is 18.1 Å². The van der Waals surface area contributed by atoms with Crippen LogP contribution < -0.4 is 9.31 Å². The van der Waals surface area contributed by atoms with Crippen molar-refractivity contribution in [3.63, 3.8) is 0 Å². The molecule has 0 aliphatic carbocycles. The summed E-state index contributed by atoms with van der Waals surface area (Å²) < 4.78 is 36.1. The highest BCUT2D eigenvalue weighted by Gasteiger charge is 2.07. The van der Waals surface area contributed by atoms with E-state index in [1.807, 2.05) is 0 Å². The molecule has 0 N–H and O–H groups in total. The van der Waals surface area contributed by atoms with E-state index >= 15 is 0 Å². The van der Waals surface area contributed by atoms with Crippen LogP contribution in [-0.4, -0.2) is 17.7 Å². The molecule has 2 aromatic rings. The lowest BCUT2D eigenvalue weighted by Crippen LogP contribution is -2.12. The number of hydrogen-bond donors (Lipinski definition) is 0. The highest BCUT2D eigenvalue weighted by Crippen LogP contribution is 2.16. The maximum absolute atomic E-state index is 13.1. The molecule has 17 heavy (non-hydrogen) atoms. The molecule has 2 rings (SSSR count). The van der Waals surface area contributed by atoms with Gasteiger partial charge in [0.15, 0.2) is 11.6 Å². The van der Waals surface area contributed by atoms with Crippen LogP contribution in [0, 0.1) is 11.6 Å². The minimum atomic E-state index is -0.605. The van der Waals surface area contributed by atoms with Crippen LogP contribution in [0.2, 0.25) is 0 Å². The third-order valence-electron chi connectivity index (χ3n) is 1.90. The Kier molecular flexibility index (Phi) is 3.49. The van der Waals surface area contributed by atoms with Gasteiger partial charge in [-0.15, -0.1) is 0 Å². The molecular weight excluding hydrogens is 229 g/mol. The molecule has 0 saturated heterocycles. The molecule has 0 aliphatic heterocycles. The Labute approximate surface area is 96.5 Å². The Morgan fingerprint density at radius 2 is 1.35 bits per heavy atom. The van der Waals surface area contributed by atoms with Crippen molar-refractivity contribution in [2.75, 3.05) is 0 Å². The molecule has 0 radical (unpaired) electrons. The van der Waals surface area contributed by atoms with Gasteiger partial charge in [-0.05, 0) is 12.1 Å². The van der Waals surface area contributed by atoms with Gasteiger partial charge in [-0.2, -0.15) is 0 Å². The van der Waals surface area contributed by atoms with Gasteiger partial charge in [-0.25, -0.2) is 8.78 Å². The lowest BCUT2D eigenvalue weighted by atomic mass is 10.3. The molecule has 0 unspecified atom stereocenters. The predicted molar refractivity (Wildman–Crippen MR) is 56.8 cm³/mol. The fourth-order valence-electron chi connectivity index (χ4n) is 1.12. The van der Waals surface area contributed by atoms with Crippen LogP contribution in [0.1, 0.15) is 0 Å². The summed E-state index contributed by atoms with van der Waals surface area (Å²) in [6, 6.07) is 2.70. The average Bonchev–Trinajstić information content (AvgIpc) is 2.34. The third kappa shape index (κ3) is 2.90. The van der Waals surface area contributed by atoms with Crippen LogP contribution >= 0.6 is 0 Å². The molecule has 0 fully saturated rings. The zero-order chi connectivity index (χ0) is 12.1. The number of rotatable bonds is 4. The van der Waals surface area contributed by atoms with Crippen molar-refractivity contribution in [3.05, 3.63) is 48.6 Å². The maximum atomic E-state index is 13.1. The molecule has 86 valence electrons. The molecule has 0 atom stereocenters. The van der Waals surface area contributed by atoms with Gasteiger partial charge >= 0.3 is 7.69 Å². The minimum absolute atomic E-state index is 0.00513. The molecule has 4 nitrogen and oxygen atoms in total. The molecule has 7 heteroatoms. The van der Waals surface area contributed by atoms with E-state index in [0.717, 1.165) is 12.4 Å². The Morgan fingerprint density at radius 1 is 0.882 bits per heavy atom. The second kappa shape index (κ2) is 5.24. The number of halogens is 2. The third-order valence-corrected chi connectivity index (χ3v) is 1.90. The molecule has 2 heterocycles. The lowest BCUT2D eigenvalue weighted by molar-refractivity contribution is 0.419. The zero-order valence-electron chi connectivity index (χ0n) is 8.64. The molecule has 0 aromatic carbocycles. The SMILES string of the molecule is Fc1cnccc1OBOc1ccncc1F. The normalized spacial score (nSPS) is 9.76. The summed E-state index contributed by atoms with van der Waals surface area (Å²) in [6.07, 6.45) is 4.79. The fraction of sp³-hybridized carbons (Fsp3) is 0. The van der Waals surface area contributed by atoms with E-state index < -0.39 is 11.6 Å². The second-order valence-electron chi connectivity index (χ2n) is 3.02. The number of aromatic nitrogens is 2. The number of pyridine rings is 2. The second-order valence-corrected chi connectivity index (χ2v) is 3.02. The van der Waals surface area contributed by atoms with Gasteiger partial charge in [0.05, 0.1) is 12.4 Å². The van der Waals surface area contributed by atoms with Crippen LogP contribution in [0.5, 0.6) is 11.5 Å². The van der Waals surface area contributed by atoms with Gasteiger partial charge in [0.1, 0.15) is 11.5 Å². The van der Waals surface area contributed by atoms with Gasteiger partial charge in [0.25, 0.3) is 0 Å². The van der Waals surface area contributed by atoms with Crippen molar-refractivity contribution in [1.29, 1.82) is 0 Å². The van der Waals surface area contributed by atoms with E-state index in [9.17, 15) is 8.78 Å². The summed E-state index contributed by atoms with van der Waals surface area (Å²) in [5.41, 5.74) is 0. The molecular formula is C10H7BF2N2O2. The van der Waals surface area contributed by atoms with Crippen molar-refractivity contribution >= 4 is 7.69 Å². The summed E-state index contributed by atoms with van der Waals surface area (Å²) in [6.45, 7) is 0. The first kappa shape index (κ1) is 11.3. The first-order valence-corrected chi connectivity index (χ1v) is 4.72. The Hall–Kier alpha value is -2.18. The number of hydrogen-bond acceptors (Lipinski definition) is 4. The van der Waals surface area contributed by atoms with Crippen LogP contribution in [-0.2, 0) is 0 Å². The first-order chi connectivity index (χ1) is 8.27. The Morgan fingerprint density at radius 3 is 1.76 bits per heavy atom. The van der Waals surface area contributed by atoms with E-state index in [0.29, 0.717) is 0 Å². The highest BCUT2D eigenvalue weighted by molar-refractivity contribution is 6.20. The van der Waals surface area contributed by atoms with Gasteiger partial charge in [0, 0.05) is 12.4 Å². The van der Waals surface area contributed by atoms with E-state index in [1.54, 1.807) is 0 Å². The highest BCUT2D eigenvalue weighted by atomic mass is 19.1. The first-order valence-electron chi connectivity index (χ1n) is 4.72. The van der Waals surface area contributed by atoms with Gasteiger partial charge in [0.2, 0.25) is 0 Å². The Balaban J connectivity index is 1.93. The van der Waals surface area contributed by atoms with Crippen molar-refractivity contribution in [2.45, 2.75) is 0 Å². The summed E-state index contributed by atoms with van der Waals surface area (Å²) >= 11 is 0. The quantitative estimate of drug-likeness (QED) is 0.754. The topological polar surface area (TPSA) is 44.2 Å². The monoisotopic (exact) mass is 236 g/mol. The van der Waals surface area contributed by atoms with Crippen molar-refractivity contribution in [2.24, 2.45) is 0 Å². The lowest BCUT2D eigenvalue weighted by Gasteiger charge is -2.07. The zero-order valence-corrected chi connectivity index (χ0v) is 8.64. The van der Waals surface area contributed by atoms with Gasteiger partial charge in [-0.1, -0.05) is 0 Å². The van der Waals surface area contributed by atoms with Crippen LogP contribution in [0.15, 0.2) is 36.9 Å². The minimum Gasteiger partial charge on any atom is -0.526 e. The number of nitrogens with zero attached hydrogens (tertiary/aromatic N) is 2. The van der Waals surface area contributed by atoms with Gasteiger partial charge in [-0.3, -0.25) is 9.97 Å². The molecule has 0 saturated carbocycles. The van der Waals surface area contributed by atoms with E-state index in [4.69, 9.17) is 9.31 Å². The van der Waals surface area contributed by atoms with Crippen LogP contribution in [0.25, 0.3) is 0 Å². The van der Waals surface area contributed by atoms with E-state index in [1.165, 1.54) is 24.5 Å². The summed E-state index contributed by atoms with van der Waals surface area (Å²) in [7, 11) is -0.304. The molecule has 0 spiro atoms. The molecule has 0 bridgehead atoms. The van der Waals surface area contributed by atoms with Crippen molar-refractivity contribution in [3.8, 4) is 11.5 Å². The predicted octanol–water partition coefficient (Wildman–Crippen LogP) is 1.48. The smallest absolute Gasteiger partial charge is 0.526 e. The standard InChI is InChI=1S/C10H7BF2N2O2/c12-7-5-14-3-1-9(7)16-11-17-10-2-4-15-6-8(10)13/h1-6,11H.